The Balaban J connectivity index is 1.25. The predicted molar refractivity (Wildman–Crippen MR) is 157 cm³/mol. The van der Waals surface area contributed by atoms with E-state index < -0.39 is 0 Å². The van der Waals surface area contributed by atoms with E-state index in [2.05, 4.69) is 49.2 Å². The van der Waals surface area contributed by atoms with Crippen LogP contribution < -0.4 is 10.4 Å². The highest BCUT2D eigenvalue weighted by molar-refractivity contribution is 6.32. The second-order valence-corrected chi connectivity index (χ2v) is 11.8. The Hall–Kier alpha value is -2.55. The first-order valence-electron chi connectivity index (χ1n) is 14.5. The van der Waals surface area contributed by atoms with Crippen molar-refractivity contribution in [1.29, 1.82) is 5.26 Å². The van der Waals surface area contributed by atoms with Gasteiger partial charge in [-0.15, -0.1) is 0 Å². The number of rotatable bonds is 11. The molecule has 1 N–H and O–H groups in total. The summed E-state index contributed by atoms with van der Waals surface area (Å²) in [6.45, 7) is 18.1. The van der Waals surface area contributed by atoms with Crippen molar-refractivity contribution in [3.63, 3.8) is 0 Å². The Morgan fingerprint density at radius 2 is 1.85 bits per heavy atom. The Kier molecular flexibility index (Phi) is 11.3. The maximum absolute atomic E-state index is 13.3. The van der Waals surface area contributed by atoms with E-state index in [9.17, 15) is 10.1 Å². The van der Waals surface area contributed by atoms with Crippen LogP contribution in [0.3, 0.4) is 0 Å². The maximum atomic E-state index is 13.3. The number of anilines is 1. The van der Waals surface area contributed by atoms with Gasteiger partial charge >= 0.3 is 0 Å². The Labute approximate surface area is 243 Å². The minimum atomic E-state index is -0.308. The highest BCUT2D eigenvalue weighted by Gasteiger charge is 2.28. The van der Waals surface area contributed by atoms with E-state index in [1.807, 2.05) is 26.0 Å². The standard InChI is InChI=1S/C29H43ClN8O2/c1-22(2)20-38(28-26(30)19-32-27(18-31)33-28)34-29(39)25-6-5-24(17-23(25)3)21-37-11-9-35(10-12-37)7-4-8-36-13-15-40-16-14-36/h5-6,17,19,22-23,25H,4,7-16,20-21H2,1-3H3,(H,34,39). The quantitative estimate of drug-likeness (QED) is 0.402. The first-order valence-corrected chi connectivity index (χ1v) is 14.8. The number of aromatic nitrogens is 2. The van der Waals surface area contributed by atoms with Crippen molar-refractivity contribution < 1.29 is 9.53 Å². The Bertz CT molecular complexity index is 1090. The molecule has 1 amide bonds. The monoisotopic (exact) mass is 570 g/mol. The van der Waals surface area contributed by atoms with Crippen molar-refractivity contribution in [3.8, 4) is 6.07 Å². The summed E-state index contributed by atoms with van der Waals surface area (Å²) in [5.41, 5.74) is 4.26. The summed E-state index contributed by atoms with van der Waals surface area (Å²) < 4.78 is 5.44. The fourth-order valence-corrected chi connectivity index (χ4v) is 5.66. The number of hydrazine groups is 1. The van der Waals surface area contributed by atoms with Gasteiger partial charge in [0.15, 0.2) is 5.82 Å². The molecule has 0 radical (unpaired) electrons. The largest absolute Gasteiger partial charge is 0.379 e. The lowest BCUT2D eigenvalue weighted by Gasteiger charge is -2.36. The van der Waals surface area contributed by atoms with Crippen LogP contribution in [0.15, 0.2) is 30.0 Å². The second kappa shape index (κ2) is 14.9. The number of carbonyl (C=O) groups excluding carboxylic acids is 1. The minimum absolute atomic E-state index is 0.00901. The van der Waals surface area contributed by atoms with Crippen LogP contribution in [0.5, 0.6) is 0 Å². The summed E-state index contributed by atoms with van der Waals surface area (Å²) in [4.78, 5) is 29.1. The molecule has 2 aliphatic heterocycles. The number of nitrogens with zero attached hydrogens (tertiary/aromatic N) is 7. The summed E-state index contributed by atoms with van der Waals surface area (Å²) in [5.74, 6) is 0.191. The van der Waals surface area contributed by atoms with Gasteiger partial charge in [-0.2, -0.15) is 10.2 Å². The first-order chi connectivity index (χ1) is 19.3. The molecule has 0 bridgehead atoms. The van der Waals surface area contributed by atoms with Crippen LogP contribution in [0.1, 0.15) is 33.0 Å². The van der Waals surface area contributed by atoms with Crippen LogP contribution in [0.2, 0.25) is 5.02 Å². The average molecular weight is 571 g/mol. The van der Waals surface area contributed by atoms with Crippen molar-refractivity contribution >= 4 is 23.3 Å². The number of nitrogens with one attached hydrogen (secondary N) is 1. The number of morpholine rings is 1. The van der Waals surface area contributed by atoms with Crippen LogP contribution in [0.25, 0.3) is 0 Å². The summed E-state index contributed by atoms with van der Waals surface area (Å²) in [5, 5.41) is 11.1. The van der Waals surface area contributed by atoms with Crippen molar-refractivity contribution in [1.82, 2.24) is 30.1 Å². The first kappa shape index (κ1) is 30.4. The molecular formula is C29H43ClN8O2. The molecule has 1 aromatic rings. The lowest BCUT2D eigenvalue weighted by atomic mass is 9.86. The number of hydrogen-bond acceptors (Lipinski definition) is 9. The number of amides is 1. The van der Waals surface area contributed by atoms with Crippen molar-refractivity contribution in [2.45, 2.75) is 27.2 Å². The van der Waals surface area contributed by atoms with Gasteiger partial charge < -0.3 is 9.64 Å². The highest BCUT2D eigenvalue weighted by Crippen LogP contribution is 2.26. The fraction of sp³-hybridized carbons (Fsp3) is 0.655. The predicted octanol–water partition coefficient (Wildman–Crippen LogP) is 2.58. The lowest BCUT2D eigenvalue weighted by molar-refractivity contribution is -0.124. The molecule has 3 heterocycles. The number of ether oxygens (including phenoxy) is 1. The van der Waals surface area contributed by atoms with Gasteiger partial charge in [-0.3, -0.25) is 25.0 Å². The Morgan fingerprint density at radius 3 is 2.50 bits per heavy atom. The van der Waals surface area contributed by atoms with Crippen molar-refractivity contribution in [3.05, 3.63) is 40.8 Å². The molecule has 40 heavy (non-hydrogen) atoms. The topological polar surface area (TPSA) is 101 Å². The molecule has 2 saturated heterocycles. The summed E-state index contributed by atoms with van der Waals surface area (Å²) >= 11 is 6.34. The number of nitriles is 1. The van der Waals surface area contributed by atoms with E-state index in [4.69, 9.17) is 16.3 Å². The number of hydrogen-bond donors (Lipinski definition) is 1. The molecule has 0 aromatic carbocycles. The van der Waals surface area contributed by atoms with Crippen LogP contribution in [-0.4, -0.2) is 109 Å². The molecule has 2 fully saturated rings. The molecule has 1 aliphatic carbocycles. The molecule has 10 nitrogen and oxygen atoms in total. The molecule has 0 spiro atoms. The van der Waals surface area contributed by atoms with E-state index in [1.165, 1.54) is 18.2 Å². The molecule has 2 unspecified atom stereocenters. The third-order valence-corrected chi connectivity index (χ3v) is 7.93. The van der Waals surface area contributed by atoms with E-state index in [0.717, 1.165) is 72.1 Å². The number of piperazine rings is 1. The molecule has 3 aliphatic rings. The average Bonchev–Trinajstić information content (AvgIpc) is 2.94. The van der Waals surface area contributed by atoms with E-state index >= 15 is 0 Å². The van der Waals surface area contributed by atoms with Crippen LogP contribution in [0.4, 0.5) is 5.82 Å². The highest BCUT2D eigenvalue weighted by atomic mass is 35.5. The molecule has 11 heteroatoms. The number of allylic oxidation sites excluding steroid dienone is 1. The lowest BCUT2D eigenvalue weighted by Crippen LogP contribution is -2.49. The van der Waals surface area contributed by atoms with Crippen molar-refractivity contribution in [2.24, 2.45) is 17.8 Å². The summed E-state index contributed by atoms with van der Waals surface area (Å²) in [6, 6.07) is 1.94. The molecular weight excluding hydrogens is 528 g/mol. The minimum Gasteiger partial charge on any atom is -0.379 e. The number of carbonyl (C=O) groups is 1. The molecule has 0 saturated carbocycles. The van der Waals surface area contributed by atoms with Gasteiger partial charge in [0.05, 0.1) is 25.3 Å². The molecule has 1 aromatic heterocycles. The molecule has 218 valence electrons. The van der Waals surface area contributed by atoms with Crippen molar-refractivity contribution in [2.75, 3.05) is 83.7 Å². The van der Waals surface area contributed by atoms with E-state index in [1.54, 1.807) is 5.01 Å². The molecule has 2 atom stereocenters. The van der Waals surface area contributed by atoms with E-state index in [-0.39, 0.29) is 34.5 Å². The third-order valence-electron chi connectivity index (χ3n) is 7.66. The van der Waals surface area contributed by atoms with Gasteiger partial charge in [0, 0.05) is 52.4 Å². The smallest absolute Gasteiger partial charge is 0.246 e. The zero-order chi connectivity index (χ0) is 28.5. The van der Waals surface area contributed by atoms with Crippen LogP contribution in [-0.2, 0) is 9.53 Å². The SMILES string of the molecule is CC(C)CN(NC(=O)C1C=CC(CN2CCN(CCCN3CCOCC3)CC2)=CC1C)c1nc(C#N)ncc1Cl. The van der Waals surface area contributed by atoms with Gasteiger partial charge in [0.2, 0.25) is 11.7 Å². The van der Waals surface area contributed by atoms with Gasteiger partial charge in [0.1, 0.15) is 11.1 Å². The number of halogens is 1. The van der Waals surface area contributed by atoms with Gasteiger partial charge in [-0.1, -0.05) is 50.6 Å². The van der Waals surface area contributed by atoms with E-state index in [0.29, 0.717) is 12.4 Å². The normalized spacial score (nSPS) is 22.6. The Morgan fingerprint density at radius 1 is 1.18 bits per heavy atom. The van der Waals surface area contributed by atoms with Crippen LogP contribution in [0, 0.1) is 29.1 Å². The van der Waals surface area contributed by atoms with Crippen LogP contribution >= 0.6 is 11.6 Å². The zero-order valence-electron chi connectivity index (χ0n) is 24.1. The van der Waals surface area contributed by atoms with Gasteiger partial charge in [-0.25, -0.2) is 4.98 Å². The second-order valence-electron chi connectivity index (χ2n) is 11.4. The van der Waals surface area contributed by atoms with Gasteiger partial charge in [0.25, 0.3) is 0 Å². The summed E-state index contributed by atoms with van der Waals surface area (Å²) in [7, 11) is 0. The molecule has 4 rings (SSSR count). The van der Waals surface area contributed by atoms with Gasteiger partial charge in [-0.05, 0) is 36.9 Å². The third kappa shape index (κ3) is 8.72. The maximum Gasteiger partial charge on any atom is 0.246 e. The fourth-order valence-electron chi connectivity index (χ4n) is 5.46. The zero-order valence-corrected chi connectivity index (χ0v) is 24.8. The summed E-state index contributed by atoms with van der Waals surface area (Å²) in [6.07, 6.45) is 8.93.